The molecule has 1 heterocycles. The van der Waals surface area contributed by atoms with Crippen LogP contribution in [0.25, 0.3) is 0 Å². The Bertz CT molecular complexity index is 208. The van der Waals surface area contributed by atoms with Crippen LogP contribution in [0.15, 0.2) is 6.33 Å². The average molecular weight is 134 g/mol. The van der Waals surface area contributed by atoms with Crippen LogP contribution in [-0.2, 0) is 0 Å². The fourth-order valence-electron chi connectivity index (χ4n) is 1.18. The van der Waals surface area contributed by atoms with E-state index < -0.39 is 0 Å². The van der Waals surface area contributed by atoms with Gasteiger partial charge in [-0.3, -0.25) is 0 Å². The molecule has 10 heavy (non-hydrogen) atoms. The monoisotopic (exact) mass is 134 g/mol. The van der Waals surface area contributed by atoms with Crippen molar-refractivity contribution in [2.24, 2.45) is 0 Å². The molecule has 0 saturated heterocycles. The molecule has 1 aromatic heterocycles. The molecule has 2 radical (unpaired) electrons. The van der Waals surface area contributed by atoms with Gasteiger partial charge in [-0.2, -0.15) is 0 Å². The fraction of sp³-hybridized carbons (Fsp3) is 0.571. The molecule has 0 aliphatic carbocycles. The van der Waals surface area contributed by atoms with Gasteiger partial charge in [0.25, 0.3) is 0 Å². The summed E-state index contributed by atoms with van der Waals surface area (Å²) in [5.41, 5.74) is 2.14. The second-order valence-electron chi connectivity index (χ2n) is 2.78. The van der Waals surface area contributed by atoms with Gasteiger partial charge in [0.1, 0.15) is 0 Å². The minimum atomic E-state index is 0.451. The van der Waals surface area contributed by atoms with E-state index in [1.807, 2.05) is 6.92 Å². The second kappa shape index (κ2) is 2.49. The van der Waals surface area contributed by atoms with E-state index in [-0.39, 0.29) is 0 Å². The van der Waals surface area contributed by atoms with Crippen LogP contribution in [0.5, 0.6) is 0 Å². The molecule has 2 nitrogen and oxygen atoms in total. The lowest BCUT2D eigenvalue weighted by molar-refractivity contribution is 0.805. The summed E-state index contributed by atoms with van der Waals surface area (Å²) >= 11 is 0. The van der Waals surface area contributed by atoms with Crippen LogP contribution in [0.2, 0.25) is 0 Å². The van der Waals surface area contributed by atoms with Gasteiger partial charge in [-0.1, -0.05) is 13.8 Å². The molecule has 0 saturated carbocycles. The Morgan fingerprint density at radius 3 is 2.40 bits per heavy atom. The van der Waals surface area contributed by atoms with Gasteiger partial charge in [0.15, 0.2) is 0 Å². The predicted molar refractivity (Wildman–Crippen MR) is 42.2 cm³/mol. The van der Waals surface area contributed by atoms with Gasteiger partial charge in [0.2, 0.25) is 7.98 Å². The molecule has 0 aromatic carbocycles. The first-order valence-corrected chi connectivity index (χ1v) is 3.42. The van der Waals surface area contributed by atoms with Gasteiger partial charge in [0.05, 0.1) is 12.0 Å². The van der Waals surface area contributed by atoms with Crippen molar-refractivity contribution in [1.29, 1.82) is 0 Å². The molecule has 52 valence electrons. The highest BCUT2D eigenvalue weighted by molar-refractivity contribution is 6.06. The first-order valence-electron chi connectivity index (χ1n) is 3.42. The Balaban J connectivity index is 3.10. The number of hydrogen-bond acceptors (Lipinski definition) is 1. The zero-order valence-corrected chi connectivity index (χ0v) is 6.63. The molecule has 1 aromatic rings. The quantitative estimate of drug-likeness (QED) is 0.528. The lowest BCUT2D eigenvalue weighted by Gasteiger charge is -2.06. The summed E-state index contributed by atoms with van der Waals surface area (Å²) in [4.78, 5) is 4.08. The van der Waals surface area contributed by atoms with Gasteiger partial charge < -0.3 is 4.48 Å². The first kappa shape index (κ1) is 7.38. The average Bonchev–Trinajstić information content (AvgIpc) is 2.11. The van der Waals surface area contributed by atoms with E-state index in [0.717, 1.165) is 11.4 Å². The van der Waals surface area contributed by atoms with Crippen LogP contribution in [0.1, 0.15) is 31.2 Å². The van der Waals surface area contributed by atoms with E-state index in [2.05, 4.69) is 18.8 Å². The number of nitrogens with zero attached hydrogens (tertiary/aromatic N) is 2. The molecule has 0 spiro atoms. The molecule has 0 unspecified atom stereocenters. The molecule has 0 N–H and O–H groups in total. The van der Waals surface area contributed by atoms with Crippen molar-refractivity contribution in [3.8, 4) is 0 Å². The third-order valence-corrected chi connectivity index (χ3v) is 1.57. The van der Waals surface area contributed by atoms with E-state index in [1.165, 1.54) is 0 Å². The third-order valence-electron chi connectivity index (χ3n) is 1.57. The van der Waals surface area contributed by atoms with E-state index >= 15 is 0 Å². The number of aromatic nitrogens is 2. The number of imidazole rings is 1. The van der Waals surface area contributed by atoms with Crippen molar-refractivity contribution in [2.75, 3.05) is 0 Å². The van der Waals surface area contributed by atoms with Gasteiger partial charge in [-0.05, 0) is 12.8 Å². The lowest BCUT2D eigenvalue weighted by atomic mass is 10.1. The minimum Gasteiger partial charge on any atom is -0.391 e. The maximum absolute atomic E-state index is 5.60. The van der Waals surface area contributed by atoms with Crippen molar-refractivity contribution in [3.63, 3.8) is 0 Å². The van der Waals surface area contributed by atoms with Crippen LogP contribution in [0.3, 0.4) is 0 Å². The molecule has 0 atom stereocenters. The van der Waals surface area contributed by atoms with Gasteiger partial charge in [-0.15, -0.1) is 0 Å². The molecule has 0 aliphatic rings. The molecule has 0 fully saturated rings. The SMILES string of the molecule is [B]n1cnc(C)c1C(C)C. The zero-order valence-electron chi connectivity index (χ0n) is 6.63. The molecule has 0 bridgehead atoms. The summed E-state index contributed by atoms with van der Waals surface area (Å²) in [7, 11) is 5.60. The van der Waals surface area contributed by atoms with Gasteiger partial charge in [-0.25, -0.2) is 4.98 Å². The van der Waals surface area contributed by atoms with Crippen molar-refractivity contribution in [2.45, 2.75) is 26.7 Å². The van der Waals surface area contributed by atoms with Crippen LogP contribution >= 0.6 is 0 Å². The molecule has 0 aliphatic heterocycles. The Kier molecular flexibility index (Phi) is 1.83. The van der Waals surface area contributed by atoms with Crippen LogP contribution in [0.4, 0.5) is 0 Å². The normalized spacial score (nSPS) is 10.8. The summed E-state index contributed by atoms with van der Waals surface area (Å²) in [5.74, 6) is 0.451. The topological polar surface area (TPSA) is 17.8 Å². The largest absolute Gasteiger partial charge is 0.391 e. The van der Waals surface area contributed by atoms with E-state index in [4.69, 9.17) is 7.98 Å². The molecular formula is C7H11BN2. The zero-order chi connectivity index (χ0) is 7.72. The maximum Gasteiger partial charge on any atom is 0.235 e. The van der Waals surface area contributed by atoms with Crippen molar-refractivity contribution in [1.82, 2.24) is 9.46 Å². The number of rotatable bonds is 1. The molecule has 3 heteroatoms. The van der Waals surface area contributed by atoms with Crippen LogP contribution < -0.4 is 0 Å². The van der Waals surface area contributed by atoms with Crippen LogP contribution in [-0.4, -0.2) is 17.4 Å². The Morgan fingerprint density at radius 1 is 1.60 bits per heavy atom. The standard InChI is InChI=1S/C7H11BN2/c1-5(2)7-6(3)9-4-10(7)8/h4-5H,1-3H3. The number of hydrogen-bond donors (Lipinski definition) is 0. The van der Waals surface area contributed by atoms with Gasteiger partial charge in [0, 0.05) is 5.69 Å². The van der Waals surface area contributed by atoms with Crippen molar-refractivity contribution >= 4 is 7.98 Å². The molecule has 1 rings (SSSR count). The number of aryl methyl sites for hydroxylation is 1. The van der Waals surface area contributed by atoms with Crippen molar-refractivity contribution < 1.29 is 0 Å². The summed E-state index contributed by atoms with van der Waals surface area (Å²) < 4.78 is 1.58. The first-order chi connectivity index (χ1) is 4.63. The van der Waals surface area contributed by atoms with E-state index in [0.29, 0.717) is 5.92 Å². The Morgan fingerprint density at radius 2 is 2.20 bits per heavy atom. The summed E-state index contributed by atoms with van der Waals surface area (Å²) in [6.45, 7) is 6.18. The molecule has 0 amide bonds. The predicted octanol–water partition coefficient (Wildman–Crippen LogP) is 1.25. The highest BCUT2D eigenvalue weighted by Crippen LogP contribution is 2.15. The minimum absolute atomic E-state index is 0.451. The van der Waals surface area contributed by atoms with Crippen molar-refractivity contribution in [3.05, 3.63) is 17.7 Å². The highest BCUT2D eigenvalue weighted by atomic mass is 15.0. The van der Waals surface area contributed by atoms with Gasteiger partial charge >= 0.3 is 0 Å². The highest BCUT2D eigenvalue weighted by Gasteiger charge is 2.06. The van der Waals surface area contributed by atoms with E-state index in [1.54, 1.807) is 10.8 Å². The third kappa shape index (κ3) is 1.08. The van der Waals surface area contributed by atoms with E-state index in [9.17, 15) is 0 Å². The molecular weight excluding hydrogens is 123 g/mol. The summed E-state index contributed by atoms with van der Waals surface area (Å²) in [5, 5.41) is 0. The maximum atomic E-state index is 5.60. The Labute approximate surface area is 62.7 Å². The summed E-state index contributed by atoms with van der Waals surface area (Å²) in [6, 6.07) is 0. The summed E-state index contributed by atoms with van der Waals surface area (Å²) in [6.07, 6.45) is 1.64. The fourth-order valence-corrected chi connectivity index (χ4v) is 1.18. The second-order valence-corrected chi connectivity index (χ2v) is 2.78. The Hall–Kier alpha value is -0.725. The lowest BCUT2D eigenvalue weighted by Crippen LogP contribution is -2.00. The smallest absolute Gasteiger partial charge is 0.235 e. The van der Waals surface area contributed by atoms with Crippen LogP contribution in [0, 0.1) is 6.92 Å².